The van der Waals surface area contributed by atoms with Crippen LogP contribution in [-0.2, 0) is 0 Å². The van der Waals surface area contributed by atoms with E-state index in [-0.39, 0.29) is 0 Å². The van der Waals surface area contributed by atoms with Crippen molar-refractivity contribution in [2.75, 3.05) is 0 Å². The molecule has 0 fully saturated rings. The molecule has 0 N–H and O–H groups in total. The Balaban J connectivity index is 2.24. The first kappa shape index (κ1) is 10.8. The third-order valence-electron chi connectivity index (χ3n) is 2.79. The number of hydrogen-bond acceptors (Lipinski definition) is 1. The highest BCUT2D eigenvalue weighted by atomic mass is 127. The van der Waals surface area contributed by atoms with Gasteiger partial charge in [0.2, 0.25) is 0 Å². The molecule has 3 rings (SSSR count). The topological polar surface area (TPSA) is 17.8 Å². The standard InChI is InChI=1S/C14H11IN2/c1-10-3-2-4-12(7-10)17-9-16-13-8-11(15)5-6-14(13)17/h2-9H,1H3. The predicted molar refractivity (Wildman–Crippen MR) is 78.5 cm³/mol. The molecule has 0 aliphatic heterocycles. The molecule has 0 bridgehead atoms. The highest BCUT2D eigenvalue weighted by Crippen LogP contribution is 2.20. The van der Waals surface area contributed by atoms with Gasteiger partial charge in [0.05, 0.1) is 11.0 Å². The van der Waals surface area contributed by atoms with Crippen molar-refractivity contribution in [3.8, 4) is 5.69 Å². The van der Waals surface area contributed by atoms with E-state index in [1.807, 2.05) is 6.33 Å². The highest BCUT2D eigenvalue weighted by Gasteiger charge is 2.04. The van der Waals surface area contributed by atoms with E-state index in [9.17, 15) is 0 Å². The number of rotatable bonds is 1. The maximum absolute atomic E-state index is 4.44. The lowest BCUT2D eigenvalue weighted by atomic mass is 10.2. The van der Waals surface area contributed by atoms with E-state index in [1.54, 1.807) is 0 Å². The zero-order chi connectivity index (χ0) is 11.8. The van der Waals surface area contributed by atoms with Crippen LogP contribution in [0.2, 0.25) is 0 Å². The fourth-order valence-corrected chi connectivity index (χ4v) is 2.44. The number of nitrogens with zero attached hydrogens (tertiary/aromatic N) is 2. The molecule has 0 amide bonds. The van der Waals surface area contributed by atoms with Gasteiger partial charge in [0.15, 0.2) is 0 Å². The second-order valence-corrected chi connectivity index (χ2v) is 5.33. The van der Waals surface area contributed by atoms with E-state index >= 15 is 0 Å². The maximum atomic E-state index is 4.44. The first-order valence-electron chi connectivity index (χ1n) is 5.44. The summed E-state index contributed by atoms with van der Waals surface area (Å²) in [6.45, 7) is 2.10. The molecule has 1 heterocycles. The van der Waals surface area contributed by atoms with Crippen molar-refractivity contribution in [3.05, 3.63) is 57.9 Å². The van der Waals surface area contributed by atoms with Gasteiger partial charge in [-0.05, 0) is 65.4 Å². The molecule has 3 aromatic rings. The van der Waals surface area contributed by atoms with Gasteiger partial charge in [0.1, 0.15) is 6.33 Å². The summed E-state index contributed by atoms with van der Waals surface area (Å²) in [5.41, 5.74) is 4.61. The van der Waals surface area contributed by atoms with Crippen LogP contribution in [0.25, 0.3) is 16.7 Å². The lowest BCUT2D eigenvalue weighted by molar-refractivity contribution is 1.09. The van der Waals surface area contributed by atoms with Gasteiger partial charge in [0.25, 0.3) is 0 Å². The molecule has 3 heteroatoms. The molecule has 0 spiro atoms. The van der Waals surface area contributed by atoms with Gasteiger partial charge in [0, 0.05) is 9.26 Å². The van der Waals surface area contributed by atoms with E-state index < -0.39 is 0 Å². The molecule has 0 aliphatic rings. The van der Waals surface area contributed by atoms with Crippen molar-refractivity contribution in [3.63, 3.8) is 0 Å². The van der Waals surface area contributed by atoms with Crippen LogP contribution < -0.4 is 0 Å². The lowest BCUT2D eigenvalue weighted by Crippen LogP contribution is -1.91. The van der Waals surface area contributed by atoms with Crippen LogP contribution in [0, 0.1) is 10.5 Å². The molecule has 0 saturated heterocycles. The van der Waals surface area contributed by atoms with Crippen LogP contribution in [0.1, 0.15) is 5.56 Å². The Morgan fingerprint density at radius 3 is 2.82 bits per heavy atom. The third-order valence-corrected chi connectivity index (χ3v) is 3.46. The van der Waals surface area contributed by atoms with Crippen LogP contribution in [0.15, 0.2) is 48.8 Å². The van der Waals surface area contributed by atoms with Gasteiger partial charge in [-0.1, -0.05) is 12.1 Å². The molecule has 2 aromatic carbocycles. The quantitative estimate of drug-likeness (QED) is 0.617. The average Bonchev–Trinajstić information content (AvgIpc) is 2.71. The molecule has 2 nitrogen and oxygen atoms in total. The number of benzene rings is 2. The van der Waals surface area contributed by atoms with E-state index in [4.69, 9.17) is 0 Å². The summed E-state index contributed by atoms with van der Waals surface area (Å²) in [5.74, 6) is 0. The molecule has 17 heavy (non-hydrogen) atoms. The second-order valence-electron chi connectivity index (χ2n) is 4.09. The lowest BCUT2D eigenvalue weighted by Gasteiger charge is -2.05. The van der Waals surface area contributed by atoms with E-state index in [0.717, 1.165) is 16.7 Å². The van der Waals surface area contributed by atoms with Crippen molar-refractivity contribution >= 4 is 33.6 Å². The number of hydrogen-bond donors (Lipinski definition) is 0. The molecule has 0 radical (unpaired) electrons. The minimum atomic E-state index is 1.04. The molecule has 0 atom stereocenters. The van der Waals surface area contributed by atoms with Gasteiger partial charge < -0.3 is 0 Å². The monoisotopic (exact) mass is 334 g/mol. The summed E-state index contributed by atoms with van der Waals surface area (Å²) < 4.78 is 3.34. The molecule has 0 aliphatic carbocycles. The smallest absolute Gasteiger partial charge is 0.100 e. The van der Waals surface area contributed by atoms with E-state index in [0.29, 0.717) is 0 Å². The molecule has 1 aromatic heterocycles. The normalized spacial score (nSPS) is 10.9. The molecular formula is C14H11IN2. The van der Waals surface area contributed by atoms with Crippen molar-refractivity contribution in [2.45, 2.75) is 6.92 Å². The third kappa shape index (κ3) is 1.95. The zero-order valence-corrected chi connectivity index (χ0v) is 11.5. The fraction of sp³-hybridized carbons (Fsp3) is 0.0714. The van der Waals surface area contributed by atoms with Gasteiger partial charge in [-0.3, -0.25) is 4.57 Å². The van der Waals surface area contributed by atoms with Crippen LogP contribution in [-0.4, -0.2) is 9.55 Å². The molecule has 0 unspecified atom stereocenters. The average molecular weight is 334 g/mol. The SMILES string of the molecule is Cc1cccc(-n2cnc3cc(I)ccc32)c1. The van der Waals surface area contributed by atoms with Gasteiger partial charge >= 0.3 is 0 Å². The summed E-state index contributed by atoms with van der Waals surface area (Å²) in [6, 6.07) is 14.8. The van der Waals surface area contributed by atoms with E-state index in [1.165, 1.54) is 9.13 Å². The number of fused-ring (bicyclic) bond motifs is 1. The minimum absolute atomic E-state index is 1.04. The van der Waals surface area contributed by atoms with Crippen molar-refractivity contribution < 1.29 is 0 Å². The van der Waals surface area contributed by atoms with Crippen LogP contribution >= 0.6 is 22.6 Å². The van der Waals surface area contributed by atoms with Crippen molar-refractivity contribution in [2.24, 2.45) is 0 Å². The Morgan fingerprint density at radius 2 is 2.00 bits per heavy atom. The molecular weight excluding hydrogens is 323 g/mol. The summed E-state index contributed by atoms with van der Waals surface area (Å²) in [7, 11) is 0. The first-order chi connectivity index (χ1) is 8.24. The molecule has 84 valence electrons. The maximum Gasteiger partial charge on any atom is 0.100 e. The van der Waals surface area contributed by atoms with E-state index in [2.05, 4.69) is 81.5 Å². The zero-order valence-electron chi connectivity index (χ0n) is 9.39. The predicted octanol–water partition coefficient (Wildman–Crippen LogP) is 3.94. The summed E-state index contributed by atoms with van der Waals surface area (Å²) in [6.07, 6.45) is 1.88. The van der Waals surface area contributed by atoms with Crippen LogP contribution in [0.5, 0.6) is 0 Å². The Morgan fingerprint density at radius 1 is 1.12 bits per heavy atom. The number of halogens is 1. The Kier molecular flexibility index (Phi) is 2.63. The van der Waals surface area contributed by atoms with Gasteiger partial charge in [-0.25, -0.2) is 4.98 Å². The summed E-state index contributed by atoms with van der Waals surface area (Å²) >= 11 is 2.31. The Labute approximate surface area is 113 Å². The van der Waals surface area contributed by atoms with Gasteiger partial charge in [-0.2, -0.15) is 0 Å². The van der Waals surface area contributed by atoms with Gasteiger partial charge in [-0.15, -0.1) is 0 Å². The van der Waals surface area contributed by atoms with Crippen molar-refractivity contribution in [1.29, 1.82) is 0 Å². The fourth-order valence-electron chi connectivity index (χ4n) is 1.97. The Bertz CT molecular complexity index is 686. The van der Waals surface area contributed by atoms with Crippen molar-refractivity contribution in [1.82, 2.24) is 9.55 Å². The largest absolute Gasteiger partial charge is 0.299 e. The summed E-state index contributed by atoms with van der Waals surface area (Å²) in [5, 5.41) is 0. The first-order valence-corrected chi connectivity index (χ1v) is 6.51. The number of imidazole rings is 1. The summed E-state index contributed by atoms with van der Waals surface area (Å²) in [4.78, 5) is 4.44. The molecule has 0 saturated carbocycles. The minimum Gasteiger partial charge on any atom is -0.299 e. The van der Waals surface area contributed by atoms with Crippen LogP contribution in [0.3, 0.4) is 0 Å². The van der Waals surface area contributed by atoms with Crippen LogP contribution in [0.4, 0.5) is 0 Å². The Hall–Kier alpha value is -1.36. The highest BCUT2D eigenvalue weighted by molar-refractivity contribution is 14.1. The number of aryl methyl sites for hydroxylation is 1. The number of aromatic nitrogens is 2. The second kappa shape index (κ2) is 4.14.